The second-order valence-electron chi connectivity index (χ2n) is 2.49. The minimum absolute atomic E-state index is 0.127. The first kappa shape index (κ1) is 8.00. The fraction of sp³-hybridized carbons (Fsp3) is 0. The van der Waals surface area contributed by atoms with Crippen molar-refractivity contribution in [3.05, 3.63) is 40.0 Å². The van der Waals surface area contributed by atoms with Crippen LogP contribution in [0.25, 0.3) is 10.4 Å². The molecular formula is C8H6N2O2S. The first-order valence-electron chi connectivity index (χ1n) is 3.64. The van der Waals surface area contributed by atoms with Crippen LogP contribution in [0.15, 0.2) is 29.9 Å². The summed E-state index contributed by atoms with van der Waals surface area (Å²) >= 11 is 1.49. The van der Waals surface area contributed by atoms with Crippen molar-refractivity contribution < 1.29 is 4.92 Å². The molecule has 66 valence electrons. The smallest absolute Gasteiger partial charge is 0.295 e. The van der Waals surface area contributed by atoms with Gasteiger partial charge in [-0.15, -0.1) is 11.3 Å². The summed E-state index contributed by atoms with van der Waals surface area (Å²) in [4.78, 5) is 13.8. The number of aromatic nitrogens is 1. The summed E-state index contributed by atoms with van der Waals surface area (Å²) in [6.45, 7) is 0. The lowest BCUT2D eigenvalue weighted by atomic mass is 10.2. The summed E-state index contributed by atoms with van der Waals surface area (Å²) in [6, 6.07) is 3.73. The normalized spacial score (nSPS) is 10.2. The van der Waals surface area contributed by atoms with E-state index in [4.69, 9.17) is 0 Å². The SMILES string of the molecule is O=[N+]([O-])c1c[nH]cc1-c1cccs1. The summed E-state index contributed by atoms with van der Waals surface area (Å²) in [5, 5.41) is 12.5. The molecule has 0 radical (unpaired) electrons. The van der Waals surface area contributed by atoms with E-state index in [2.05, 4.69) is 4.98 Å². The van der Waals surface area contributed by atoms with Gasteiger partial charge < -0.3 is 4.98 Å². The van der Waals surface area contributed by atoms with Crippen LogP contribution < -0.4 is 0 Å². The van der Waals surface area contributed by atoms with E-state index in [0.717, 1.165) is 4.88 Å². The molecule has 5 heteroatoms. The molecule has 0 aliphatic rings. The largest absolute Gasteiger partial charge is 0.361 e. The Morgan fingerprint density at radius 1 is 1.46 bits per heavy atom. The Hall–Kier alpha value is -1.62. The van der Waals surface area contributed by atoms with Crippen molar-refractivity contribution >= 4 is 17.0 Å². The molecule has 0 atom stereocenters. The second kappa shape index (κ2) is 3.02. The molecule has 0 bridgehead atoms. The van der Waals surface area contributed by atoms with Gasteiger partial charge in [0.15, 0.2) is 0 Å². The van der Waals surface area contributed by atoms with Gasteiger partial charge in [0, 0.05) is 11.1 Å². The molecular weight excluding hydrogens is 188 g/mol. The Morgan fingerprint density at radius 3 is 2.92 bits per heavy atom. The van der Waals surface area contributed by atoms with Gasteiger partial charge in [-0.25, -0.2) is 0 Å². The number of nitrogens with one attached hydrogen (secondary N) is 1. The van der Waals surface area contributed by atoms with Crippen LogP contribution in [-0.4, -0.2) is 9.91 Å². The van der Waals surface area contributed by atoms with Gasteiger partial charge >= 0.3 is 0 Å². The Balaban J connectivity index is 2.52. The third kappa shape index (κ3) is 1.33. The molecule has 2 aromatic heterocycles. The number of nitrogens with zero attached hydrogens (tertiary/aromatic N) is 1. The molecule has 0 fully saturated rings. The maximum atomic E-state index is 10.6. The molecule has 2 rings (SSSR count). The monoisotopic (exact) mass is 194 g/mol. The van der Waals surface area contributed by atoms with E-state index in [0.29, 0.717) is 5.56 Å². The lowest BCUT2D eigenvalue weighted by Crippen LogP contribution is -1.86. The Morgan fingerprint density at radius 2 is 2.31 bits per heavy atom. The maximum absolute atomic E-state index is 10.6. The molecule has 0 aromatic carbocycles. The number of hydrogen-bond donors (Lipinski definition) is 1. The zero-order valence-electron chi connectivity index (χ0n) is 6.56. The van der Waals surface area contributed by atoms with Gasteiger partial charge in [0.2, 0.25) is 0 Å². The summed E-state index contributed by atoms with van der Waals surface area (Å²) in [7, 11) is 0. The summed E-state index contributed by atoms with van der Waals surface area (Å²) in [5.41, 5.74) is 0.780. The molecule has 0 saturated heterocycles. The lowest BCUT2D eigenvalue weighted by Gasteiger charge is -1.90. The van der Waals surface area contributed by atoms with Crippen LogP contribution in [0.4, 0.5) is 5.69 Å². The van der Waals surface area contributed by atoms with Crippen molar-refractivity contribution in [1.82, 2.24) is 4.98 Å². The van der Waals surface area contributed by atoms with Gasteiger partial charge in [0.05, 0.1) is 16.7 Å². The molecule has 0 amide bonds. The Labute approximate surface area is 78.0 Å². The summed E-state index contributed by atoms with van der Waals surface area (Å²) in [5.74, 6) is 0. The molecule has 0 aliphatic carbocycles. The van der Waals surface area contributed by atoms with Gasteiger partial charge in [-0.1, -0.05) is 6.07 Å². The summed E-state index contributed by atoms with van der Waals surface area (Å²) < 4.78 is 0. The third-order valence-corrected chi connectivity index (χ3v) is 2.61. The van der Waals surface area contributed by atoms with Crippen LogP contribution in [0.1, 0.15) is 0 Å². The molecule has 0 saturated carbocycles. The summed E-state index contributed by atoms with van der Waals surface area (Å²) in [6.07, 6.45) is 3.04. The molecule has 0 spiro atoms. The number of hydrogen-bond acceptors (Lipinski definition) is 3. The standard InChI is InChI=1S/C8H6N2O2S/c11-10(12)7-5-9-4-6(7)8-2-1-3-13-8/h1-5,9H. The van der Waals surface area contributed by atoms with Gasteiger partial charge in [-0.3, -0.25) is 10.1 Å². The van der Waals surface area contributed by atoms with Crippen LogP contribution in [0.3, 0.4) is 0 Å². The van der Waals surface area contributed by atoms with E-state index in [-0.39, 0.29) is 10.6 Å². The highest BCUT2D eigenvalue weighted by molar-refractivity contribution is 7.13. The predicted octanol–water partition coefficient (Wildman–Crippen LogP) is 2.65. The molecule has 2 heterocycles. The van der Waals surface area contributed by atoms with Crippen molar-refractivity contribution in [3.63, 3.8) is 0 Å². The molecule has 2 aromatic rings. The highest BCUT2D eigenvalue weighted by Gasteiger charge is 2.16. The molecule has 1 N–H and O–H groups in total. The minimum atomic E-state index is -0.383. The quantitative estimate of drug-likeness (QED) is 0.590. The van der Waals surface area contributed by atoms with E-state index < -0.39 is 0 Å². The van der Waals surface area contributed by atoms with Crippen LogP contribution >= 0.6 is 11.3 Å². The lowest BCUT2D eigenvalue weighted by molar-refractivity contribution is -0.384. The van der Waals surface area contributed by atoms with Crippen molar-refractivity contribution in [2.75, 3.05) is 0 Å². The third-order valence-electron chi connectivity index (χ3n) is 1.71. The fourth-order valence-electron chi connectivity index (χ4n) is 1.14. The molecule has 4 nitrogen and oxygen atoms in total. The van der Waals surface area contributed by atoms with Crippen molar-refractivity contribution in [2.24, 2.45) is 0 Å². The highest BCUT2D eigenvalue weighted by Crippen LogP contribution is 2.32. The highest BCUT2D eigenvalue weighted by atomic mass is 32.1. The minimum Gasteiger partial charge on any atom is -0.361 e. The van der Waals surface area contributed by atoms with Crippen molar-refractivity contribution in [2.45, 2.75) is 0 Å². The first-order valence-corrected chi connectivity index (χ1v) is 4.52. The van der Waals surface area contributed by atoms with Crippen molar-refractivity contribution in [1.29, 1.82) is 0 Å². The van der Waals surface area contributed by atoms with E-state index in [1.54, 1.807) is 6.20 Å². The van der Waals surface area contributed by atoms with Crippen molar-refractivity contribution in [3.8, 4) is 10.4 Å². The number of H-pyrrole nitrogens is 1. The van der Waals surface area contributed by atoms with E-state index in [1.807, 2.05) is 17.5 Å². The first-order chi connectivity index (χ1) is 6.29. The average molecular weight is 194 g/mol. The van der Waals surface area contributed by atoms with Crippen LogP contribution in [-0.2, 0) is 0 Å². The second-order valence-corrected chi connectivity index (χ2v) is 3.44. The predicted molar refractivity (Wildman–Crippen MR) is 50.8 cm³/mol. The van der Waals surface area contributed by atoms with Gasteiger partial charge in [-0.2, -0.15) is 0 Å². The van der Waals surface area contributed by atoms with Gasteiger partial charge in [0.25, 0.3) is 5.69 Å². The topological polar surface area (TPSA) is 58.9 Å². The fourth-order valence-corrected chi connectivity index (χ4v) is 1.89. The zero-order chi connectivity index (χ0) is 9.26. The van der Waals surface area contributed by atoms with Crippen LogP contribution in [0.2, 0.25) is 0 Å². The average Bonchev–Trinajstić information content (AvgIpc) is 2.74. The number of nitro groups is 1. The van der Waals surface area contributed by atoms with Gasteiger partial charge in [-0.05, 0) is 11.4 Å². The van der Waals surface area contributed by atoms with Crippen LogP contribution in [0.5, 0.6) is 0 Å². The maximum Gasteiger partial charge on any atom is 0.295 e. The molecule has 0 unspecified atom stereocenters. The number of rotatable bonds is 2. The zero-order valence-corrected chi connectivity index (χ0v) is 7.38. The Kier molecular flexibility index (Phi) is 1.86. The van der Waals surface area contributed by atoms with E-state index >= 15 is 0 Å². The number of aromatic amines is 1. The molecule has 13 heavy (non-hydrogen) atoms. The van der Waals surface area contributed by atoms with Crippen LogP contribution in [0, 0.1) is 10.1 Å². The van der Waals surface area contributed by atoms with E-state index in [1.165, 1.54) is 17.5 Å². The Bertz CT molecular complexity index is 419. The number of thiophene rings is 1. The van der Waals surface area contributed by atoms with E-state index in [9.17, 15) is 10.1 Å². The molecule has 0 aliphatic heterocycles. The van der Waals surface area contributed by atoms with Gasteiger partial charge in [0.1, 0.15) is 0 Å².